The first-order valence-corrected chi connectivity index (χ1v) is 10.5. The molecular formula is C23H21NO3S. The van der Waals surface area contributed by atoms with Crippen LogP contribution < -0.4 is 0 Å². The molecule has 1 aromatic heterocycles. The lowest BCUT2D eigenvalue weighted by atomic mass is 10.0. The Morgan fingerprint density at radius 2 is 1.46 bits per heavy atom. The van der Waals surface area contributed by atoms with Crippen LogP contribution >= 0.6 is 0 Å². The van der Waals surface area contributed by atoms with Gasteiger partial charge in [0.15, 0.2) is 0 Å². The van der Waals surface area contributed by atoms with Gasteiger partial charge in [-0.2, -0.15) is 0 Å². The summed E-state index contributed by atoms with van der Waals surface area (Å²) in [4.78, 5) is 0.195. The second kappa shape index (κ2) is 6.93. The zero-order chi connectivity index (χ0) is 19.9. The van der Waals surface area contributed by atoms with E-state index in [1.807, 2.05) is 55.5 Å². The van der Waals surface area contributed by atoms with E-state index in [1.54, 1.807) is 37.3 Å². The second-order valence-electron chi connectivity index (χ2n) is 6.90. The lowest BCUT2D eigenvalue weighted by Crippen LogP contribution is -2.17. The minimum atomic E-state index is -3.89. The zero-order valence-corrected chi connectivity index (χ0v) is 16.5. The van der Waals surface area contributed by atoms with Crippen molar-refractivity contribution >= 4 is 20.9 Å². The van der Waals surface area contributed by atoms with Crippen molar-refractivity contribution < 1.29 is 13.5 Å². The van der Waals surface area contributed by atoms with Crippen molar-refractivity contribution in [2.45, 2.75) is 24.8 Å². The third-order valence-electron chi connectivity index (χ3n) is 4.88. The summed E-state index contributed by atoms with van der Waals surface area (Å²) in [5.74, 6) is 0. The van der Waals surface area contributed by atoms with Crippen LogP contribution in [0.3, 0.4) is 0 Å². The molecule has 0 aliphatic heterocycles. The third kappa shape index (κ3) is 2.93. The van der Waals surface area contributed by atoms with E-state index in [1.165, 1.54) is 3.97 Å². The molecule has 0 saturated heterocycles. The number of aryl methyl sites for hydroxylation is 1. The minimum absolute atomic E-state index is 0.195. The summed E-state index contributed by atoms with van der Waals surface area (Å²) in [6.07, 6.45) is -0.970. The molecule has 1 N–H and O–H groups in total. The van der Waals surface area contributed by atoms with Crippen molar-refractivity contribution in [2.75, 3.05) is 0 Å². The van der Waals surface area contributed by atoms with Gasteiger partial charge in [-0.1, -0.05) is 66.2 Å². The van der Waals surface area contributed by atoms with E-state index in [2.05, 4.69) is 0 Å². The molecule has 0 aliphatic carbocycles. The molecule has 3 aromatic carbocycles. The fourth-order valence-electron chi connectivity index (χ4n) is 3.59. The Kier molecular flexibility index (Phi) is 4.57. The smallest absolute Gasteiger partial charge is 0.268 e. The molecule has 0 amide bonds. The van der Waals surface area contributed by atoms with Gasteiger partial charge in [0.1, 0.15) is 0 Å². The van der Waals surface area contributed by atoms with Crippen molar-refractivity contribution in [3.8, 4) is 11.1 Å². The van der Waals surface area contributed by atoms with Crippen molar-refractivity contribution in [1.82, 2.24) is 3.97 Å². The molecular weight excluding hydrogens is 370 g/mol. The van der Waals surface area contributed by atoms with Crippen molar-refractivity contribution in [2.24, 2.45) is 0 Å². The van der Waals surface area contributed by atoms with E-state index in [0.717, 1.165) is 22.1 Å². The minimum Gasteiger partial charge on any atom is -0.387 e. The Hall–Kier alpha value is -2.89. The van der Waals surface area contributed by atoms with Gasteiger partial charge in [0, 0.05) is 10.9 Å². The highest BCUT2D eigenvalue weighted by molar-refractivity contribution is 7.90. The van der Waals surface area contributed by atoms with E-state index in [-0.39, 0.29) is 4.90 Å². The maximum absolute atomic E-state index is 13.6. The highest BCUT2D eigenvalue weighted by Crippen LogP contribution is 2.40. The molecule has 0 spiro atoms. The van der Waals surface area contributed by atoms with Crippen LogP contribution in [0, 0.1) is 6.92 Å². The summed E-state index contributed by atoms with van der Waals surface area (Å²) in [6, 6.07) is 23.7. The van der Waals surface area contributed by atoms with Gasteiger partial charge in [0.25, 0.3) is 10.0 Å². The largest absolute Gasteiger partial charge is 0.387 e. The topological polar surface area (TPSA) is 59.3 Å². The number of fused-ring (bicyclic) bond motifs is 1. The first-order valence-electron chi connectivity index (χ1n) is 9.10. The van der Waals surface area contributed by atoms with Crippen LogP contribution in [-0.2, 0) is 10.0 Å². The summed E-state index contributed by atoms with van der Waals surface area (Å²) >= 11 is 0. The Labute approximate surface area is 164 Å². The average molecular weight is 391 g/mol. The van der Waals surface area contributed by atoms with Crippen LogP contribution in [0.4, 0.5) is 0 Å². The molecule has 1 atom stereocenters. The highest BCUT2D eigenvalue weighted by atomic mass is 32.2. The first kappa shape index (κ1) is 18.5. The molecule has 0 fully saturated rings. The van der Waals surface area contributed by atoms with E-state index in [4.69, 9.17) is 0 Å². The monoisotopic (exact) mass is 391 g/mol. The molecule has 1 unspecified atom stereocenters. The summed E-state index contributed by atoms with van der Waals surface area (Å²) in [7, 11) is -3.89. The quantitative estimate of drug-likeness (QED) is 0.538. The van der Waals surface area contributed by atoms with Gasteiger partial charge < -0.3 is 5.11 Å². The molecule has 4 aromatic rings. The average Bonchev–Trinajstić information content (AvgIpc) is 3.05. The predicted octanol–water partition coefficient (Wildman–Crippen LogP) is 4.91. The maximum Gasteiger partial charge on any atom is 0.268 e. The summed E-state index contributed by atoms with van der Waals surface area (Å²) in [5, 5.41) is 11.4. The Morgan fingerprint density at radius 1 is 0.857 bits per heavy atom. The fraction of sp³-hybridized carbons (Fsp3) is 0.130. The molecule has 4 nitrogen and oxygen atoms in total. The number of aliphatic hydroxyl groups is 1. The SMILES string of the molecule is Cc1ccc(S(=O)(=O)n2c(C(C)O)c(-c3ccccc3)c3ccccc32)cc1. The van der Waals surface area contributed by atoms with Gasteiger partial charge in [-0.15, -0.1) is 0 Å². The number of aromatic nitrogens is 1. The third-order valence-corrected chi connectivity index (χ3v) is 6.63. The molecule has 5 heteroatoms. The number of hydrogen-bond acceptors (Lipinski definition) is 3. The number of para-hydroxylation sites is 1. The molecule has 0 saturated carbocycles. The van der Waals surface area contributed by atoms with Crippen LogP contribution in [0.1, 0.15) is 24.3 Å². The van der Waals surface area contributed by atoms with E-state index >= 15 is 0 Å². The fourth-order valence-corrected chi connectivity index (χ4v) is 5.20. The van der Waals surface area contributed by atoms with Crippen LogP contribution in [0.5, 0.6) is 0 Å². The van der Waals surface area contributed by atoms with E-state index < -0.39 is 16.1 Å². The molecule has 0 bridgehead atoms. The summed E-state index contributed by atoms with van der Waals surface area (Å²) in [5.41, 5.74) is 3.51. The normalized spacial score (nSPS) is 13.0. The van der Waals surface area contributed by atoms with Gasteiger partial charge in [-0.25, -0.2) is 12.4 Å². The lowest BCUT2D eigenvalue weighted by Gasteiger charge is -2.15. The molecule has 0 aliphatic rings. The number of aliphatic hydroxyl groups excluding tert-OH is 1. The van der Waals surface area contributed by atoms with Gasteiger partial charge in [-0.05, 0) is 37.6 Å². The zero-order valence-electron chi connectivity index (χ0n) is 15.7. The predicted molar refractivity (Wildman–Crippen MR) is 112 cm³/mol. The summed E-state index contributed by atoms with van der Waals surface area (Å²) in [6.45, 7) is 3.51. The molecule has 4 rings (SSSR count). The van der Waals surface area contributed by atoms with Gasteiger partial charge in [-0.3, -0.25) is 0 Å². The number of rotatable bonds is 4. The second-order valence-corrected chi connectivity index (χ2v) is 8.69. The van der Waals surface area contributed by atoms with E-state index in [0.29, 0.717) is 11.2 Å². The van der Waals surface area contributed by atoms with Gasteiger partial charge in [0.05, 0.1) is 22.2 Å². The molecule has 1 heterocycles. The maximum atomic E-state index is 13.6. The van der Waals surface area contributed by atoms with Crippen molar-refractivity contribution in [3.05, 3.63) is 90.1 Å². The standard InChI is InChI=1S/C23H21NO3S/c1-16-12-14-19(15-13-16)28(26,27)24-21-11-7-6-10-20(21)22(23(24)17(2)25)18-8-4-3-5-9-18/h3-15,17,25H,1-2H3. The van der Waals surface area contributed by atoms with E-state index in [9.17, 15) is 13.5 Å². The Bertz CT molecular complexity index is 1240. The first-order chi connectivity index (χ1) is 13.4. The number of nitrogens with zero attached hydrogens (tertiary/aromatic N) is 1. The lowest BCUT2D eigenvalue weighted by molar-refractivity contribution is 0.194. The summed E-state index contributed by atoms with van der Waals surface area (Å²) < 4.78 is 28.5. The number of benzene rings is 3. The number of hydrogen-bond donors (Lipinski definition) is 1. The van der Waals surface area contributed by atoms with Crippen LogP contribution in [0.15, 0.2) is 83.8 Å². The van der Waals surface area contributed by atoms with Crippen LogP contribution in [0.25, 0.3) is 22.0 Å². The Morgan fingerprint density at radius 3 is 2.11 bits per heavy atom. The van der Waals surface area contributed by atoms with Gasteiger partial charge >= 0.3 is 0 Å². The molecule has 28 heavy (non-hydrogen) atoms. The van der Waals surface area contributed by atoms with Crippen LogP contribution in [0.2, 0.25) is 0 Å². The molecule has 142 valence electrons. The van der Waals surface area contributed by atoms with Gasteiger partial charge in [0.2, 0.25) is 0 Å². The molecule has 0 radical (unpaired) electrons. The highest BCUT2D eigenvalue weighted by Gasteiger charge is 2.29. The van der Waals surface area contributed by atoms with Crippen molar-refractivity contribution in [3.63, 3.8) is 0 Å². The van der Waals surface area contributed by atoms with Crippen molar-refractivity contribution in [1.29, 1.82) is 0 Å². The van der Waals surface area contributed by atoms with Crippen LogP contribution in [-0.4, -0.2) is 17.5 Å². The Balaban J connectivity index is 2.12.